The first-order valence-electron chi connectivity index (χ1n) is 10.3. The number of anilines is 1. The van der Waals surface area contributed by atoms with Gasteiger partial charge in [0, 0.05) is 6.54 Å². The lowest BCUT2D eigenvalue weighted by molar-refractivity contribution is -0.145. The van der Waals surface area contributed by atoms with Crippen LogP contribution in [-0.2, 0) is 19.1 Å². The van der Waals surface area contributed by atoms with E-state index in [0.29, 0.717) is 23.7 Å². The van der Waals surface area contributed by atoms with E-state index in [4.69, 9.17) is 9.47 Å². The topological polar surface area (TPSA) is 72.9 Å². The zero-order chi connectivity index (χ0) is 20.5. The quantitative estimate of drug-likeness (QED) is 0.492. The van der Waals surface area contributed by atoms with Crippen LogP contribution in [0.3, 0.4) is 0 Å². The fraction of sp³-hybridized carbons (Fsp3) is 0.591. The van der Waals surface area contributed by atoms with Crippen LogP contribution < -0.4 is 4.90 Å². The fourth-order valence-corrected chi connectivity index (χ4v) is 3.76. The van der Waals surface area contributed by atoms with Crippen LogP contribution in [0.1, 0.15) is 81.1 Å². The summed E-state index contributed by atoms with van der Waals surface area (Å²) < 4.78 is 10.1. The van der Waals surface area contributed by atoms with E-state index in [9.17, 15) is 14.4 Å². The minimum absolute atomic E-state index is 0.226. The molecule has 154 valence electrons. The summed E-state index contributed by atoms with van der Waals surface area (Å²) in [4.78, 5) is 38.5. The van der Waals surface area contributed by atoms with Gasteiger partial charge in [-0.15, -0.1) is 0 Å². The van der Waals surface area contributed by atoms with Crippen LogP contribution in [0.5, 0.6) is 0 Å². The predicted octanol–water partition coefficient (Wildman–Crippen LogP) is 4.22. The number of ether oxygens (including phenoxy) is 2. The van der Waals surface area contributed by atoms with Crippen LogP contribution in [0.15, 0.2) is 18.2 Å². The molecule has 28 heavy (non-hydrogen) atoms. The second-order valence-electron chi connectivity index (χ2n) is 6.95. The molecule has 1 aliphatic rings. The van der Waals surface area contributed by atoms with Crippen molar-refractivity contribution in [1.82, 2.24) is 0 Å². The molecule has 6 nitrogen and oxygen atoms in total. The van der Waals surface area contributed by atoms with E-state index in [2.05, 4.69) is 0 Å². The number of carbonyl (C=O) groups excluding carboxylic acids is 3. The zero-order valence-electron chi connectivity index (χ0n) is 17.2. The SMILES string of the molecule is CCOC(=O)CC(=O)N(CC)c1cc(C2CCCCC2)ccc1C(=O)OCC. The number of hydrogen-bond donors (Lipinski definition) is 0. The summed E-state index contributed by atoms with van der Waals surface area (Å²) in [5.41, 5.74) is 1.99. The highest BCUT2D eigenvalue weighted by Gasteiger charge is 2.26. The molecular weight excluding hydrogens is 358 g/mol. The van der Waals surface area contributed by atoms with Crippen LogP contribution in [-0.4, -0.2) is 37.6 Å². The maximum absolute atomic E-state index is 12.8. The first kappa shape index (κ1) is 21.9. The van der Waals surface area contributed by atoms with E-state index in [1.54, 1.807) is 19.9 Å². The van der Waals surface area contributed by atoms with E-state index < -0.39 is 11.9 Å². The van der Waals surface area contributed by atoms with E-state index in [1.807, 2.05) is 19.1 Å². The smallest absolute Gasteiger partial charge is 0.340 e. The molecule has 1 aromatic carbocycles. The van der Waals surface area contributed by atoms with Gasteiger partial charge in [0.15, 0.2) is 0 Å². The highest BCUT2D eigenvalue weighted by molar-refractivity contribution is 6.07. The van der Waals surface area contributed by atoms with Crippen LogP contribution in [0.4, 0.5) is 5.69 Å². The number of hydrogen-bond acceptors (Lipinski definition) is 5. The van der Waals surface area contributed by atoms with Gasteiger partial charge in [0.1, 0.15) is 6.42 Å². The van der Waals surface area contributed by atoms with E-state index in [1.165, 1.54) is 24.2 Å². The van der Waals surface area contributed by atoms with Crippen molar-refractivity contribution in [2.45, 2.75) is 65.2 Å². The molecule has 2 rings (SSSR count). The highest BCUT2D eigenvalue weighted by Crippen LogP contribution is 2.35. The first-order valence-corrected chi connectivity index (χ1v) is 10.3. The Labute approximate surface area is 167 Å². The number of rotatable bonds is 8. The van der Waals surface area contributed by atoms with Crippen LogP contribution >= 0.6 is 0 Å². The van der Waals surface area contributed by atoms with Gasteiger partial charge < -0.3 is 14.4 Å². The van der Waals surface area contributed by atoms with Crippen LogP contribution in [0, 0.1) is 0 Å². The summed E-state index contributed by atoms with van der Waals surface area (Å²) in [5.74, 6) is -0.975. The summed E-state index contributed by atoms with van der Waals surface area (Å²) in [7, 11) is 0. The van der Waals surface area contributed by atoms with Gasteiger partial charge in [0.05, 0.1) is 24.5 Å². The van der Waals surface area contributed by atoms with E-state index in [-0.39, 0.29) is 25.5 Å². The summed E-state index contributed by atoms with van der Waals surface area (Å²) >= 11 is 0. The monoisotopic (exact) mass is 389 g/mol. The molecule has 1 aliphatic carbocycles. The number of esters is 2. The third-order valence-corrected chi connectivity index (χ3v) is 5.10. The first-order chi connectivity index (χ1) is 13.5. The zero-order valence-corrected chi connectivity index (χ0v) is 17.2. The Bertz CT molecular complexity index is 694. The molecule has 0 radical (unpaired) electrons. The van der Waals surface area contributed by atoms with Crippen LogP contribution in [0.25, 0.3) is 0 Å². The fourth-order valence-electron chi connectivity index (χ4n) is 3.76. The second-order valence-corrected chi connectivity index (χ2v) is 6.95. The van der Waals surface area contributed by atoms with Crippen molar-refractivity contribution in [1.29, 1.82) is 0 Å². The number of carbonyl (C=O) groups is 3. The van der Waals surface area contributed by atoms with Gasteiger partial charge in [-0.3, -0.25) is 9.59 Å². The predicted molar refractivity (Wildman–Crippen MR) is 108 cm³/mol. The Hall–Kier alpha value is -2.37. The van der Waals surface area contributed by atoms with Gasteiger partial charge in [-0.1, -0.05) is 25.3 Å². The van der Waals surface area contributed by atoms with E-state index in [0.717, 1.165) is 18.4 Å². The molecule has 1 aromatic rings. The van der Waals surface area contributed by atoms with Crippen molar-refractivity contribution in [2.75, 3.05) is 24.7 Å². The molecular formula is C22H31NO5. The summed E-state index contributed by atoms with van der Waals surface area (Å²) in [6.07, 6.45) is 5.51. The Morgan fingerprint density at radius 3 is 2.29 bits per heavy atom. The van der Waals surface area contributed by atoms with Gasteiger partial charge in [0.25, 0.3) is 0 Å². The molecule has 0 unspecified atom stereocenters. The van der Waals surface area contributed by atoms with Crippen molar-refractivity contribution in [3.63, 3.8) is 0 Å². The highest BCUT2D eigenvalue weighted by atomic mass is 16.5. The molecule has 0 heterocycles. The van der Waals surface area contributed by atoms with Gasteiger partial charge >= 0.3 is 11.9 Å². The molecule has 0 saturated heterocycles. The van der Waals surface area contributed by atoms with Crippen molar-refractivity contribution < 1.29 is 23.9 Å². The third-order valence-electron chi connectivity index (χ3n) is 5.10. The standard InChI is InChI=1S/C22H31NO5/c1-4-23(20(24)15-21(25)27-5-2)19-14-17(16-10-8-7-9-11-16)12-13-18(19)22(26)28-6-3/h12-14,16H,4-11,15H2,1-3H3. The molecule has 1 fully saturated rings. The summed E-state index contributed by atoms with van der Waals surface area (Å²) in [5, 5.41) is 0. The lowest BCUT2D eigenvalue weighted by Gasteiger charge is -2.27. The molecule has 1 amide bonds. The summed E-state index contributed by atoms with van der Waals surface area (Å²) in [6, 6.07) is 5.64. The molecule has 0 bridgehead atoms. The molecule has 0 atom stereocenters. The molecule has 1 saturated carbocycles. The molecule has 0 aromatic heterocycles. The normalized spacial score (nSPS) is 14.4. The maximum Gasteiger partial charge on any atom is 0.340 e. The average molecular weight is 389 g/mol. The Balaban J connectivity index is 2.38. The Morgan fingerprint density at radius 2 is 1.68 bits per heavy atom. The maximum atomic E-state index is 12.8. The van der Waals surface area contributed by atoms with Gasteiger partial charge in [-0.25, -0.2) is 4.79 Å². The number of benzene rings is 1. The van der Waals surface area contributed by atoms with Crippen molar-refractivity contribution >= 4 is 23.5 Å². The van der Waals surface area contributed by atoms with Crippen molar-refractivity contribution in [3.8, 4) is 0 Å². The van der Waals surface area contributed by atoms with Crippen LogP contribution in [0.2, 0.25) is 0 Å². The molecule has 0 spiro atoms. The minimum atomic E-state index is -0.563. The van der Waals surface area contributed by atoms with Gasteiger partial charge in [-0.05, 0) is 57.2 Å². The Morgan fingerprint density at radius 1 is 1.00 bits per heavy atom. The molecule has 6 heteroatoms. The van der Waals surface area contributed by atoms with Gasteiger partial charge in [0.2, 0.25) is 5.91 Å². The Kier molecular flexibility index (Phi) is 8.48. The third kappa shape index (κ3) is 5.57. The van der Waals surface area contributed by atoms with E-state index >= 15 is 0 Å². The summed E-state index contributed by atoms with van der Waals surface area (Å²) in [6.45, 7) is 6.10. The molecule has 0 N–H and O–H groups in total. The second kappa shape index (κ2) is 10.8. The average Bonchev–Trinajstić information content (AvgIpc) is 2.69. The lowest BCUT2D eigenvalue weighted by atomic mass is 9.83. The van der Waals surface area contributed by atoms with Gasteiger partial charge in [-0.2, -0.15) is 0 Å². The van der Waals surface area contributed by atoms with Crippen molar-refractivity contribution in [3.05, 3.63) is 29.3 Å². The largest absolute Gasteiger partial charge is 0.466 e. The number of nitrogens with zero attached hydrogens (tertiary/aromatic N) is 1. The molecule has 0 aliphatic heterocycles. The van der Waals surface area contributed by atoms with Crippen molar-refractivity contribution in [2.24, 2.45) is 0 Å². The minimum Gasteiger partial charge on any atom is -0.466 e. The lowest BCUT2D eigenvalue weighted by Crippen LogP contribution is -2.34. The number of amides is 1.